The molecule has 3 heterocycles. The zero-order valence-corrected chi connectivity index (χ0v) is 12.3. The van der Waals surface area contributed by atoms with Crippen molar-refractivity contribution in [3.05, 3.63) is 22.8 Å². The van der Waals surface area contributed by atoms with Crippen molar-refractivity contribution in [1.29, 1.82) is 0 Å². The largest absolute Gasteiger partial charge is 0.373 e. The van der Waals surface area contributed by atoms with Gasteiger partial charge in [0.2, 0.25) is 5.95 Å². The van der Waals surface area contributed by atoms with Crippen molar-refractivity contribution < 1.29 is 4.74 Å². The Kier molecular flexibility index (Phi) is 3.67. The molecule has 0 aromatic carbocycles. The maximum Gasteiger partial charge on any atom is 0.245 e. The molecular formula is C12H16BrN5O. The number of hydrogen-bond donors (Lipinski definition) is 1. The highest BCUT2D eigenvalue weighted by Gasteiger charge is 2.22. The molecule has 0 spiro atoms. The molecule has 0 amide bonds. The third-order valence-electron chi connectivity index (χ3n) is 3.14. The van der Waals surface area contributed by atoms with Crippen LogP contribution in [0.3, 0.4) is 0 Å². The first-order valence-electron chi connectivity index (χ1n) is 6.29. The molecule has 0 aliphatic carbocycles. The molecule has 0 saturated carbocycles. The summed E-state index contributed by atoms with van der Waals surface area (Å²) in [6, 6.07) is 3.92. The second kappa shape index (κ2) is 5.44. The highest BCUT2D eigenvalue weighted by atomic mass is 79.9. The van der Waals surface area contributed by atoms with Crippen LogP contribution in [-0.2, 0) is 4.74 Å². The van der Waals surface area contributed by atoms with Crippen LogP contribution in [0.15, 0.2) is 22.8 Å². The normalized spacial score (nSPS) is 20.1. The van der Waals surface area contributed by atoms with E-state index in [-0.39, 0.29) is 6.10 Å². The summed E-state index contributed by atoms with van der Waals surface area (Å²) in [5.74, 6) is 0.766. The molecule has 1 N–H and O–H groups in total. The van der Waals surface area contributed by atoms with Gasteiger partial charge in [0.25, 0.3) is 0 Å². The number of fused-ring (bicyclic) bond motifs is 1. The molecule has 6 nitrogen and oxygen atoms in total. The fourth-order valence-corrected chi connectivity index (χ4v) is 2.56. The molecule has 102 valence electrons. The summed E-state index contributed by atoms with van der Waals surface area (Å²) < 4.78 is 8.47. The average Bonchev–Trinajstić information content (AvgIpc) is 2.82. The monoisotopic (exact) mass is 325 g/mol. The van der Waals surface area contributed by atoms with Gasteiger partial charge in [-0.05, 0) is 35.1 Å². The van der Waals surface area contributed by atoms with Gasteiger partial charge < -0.3 is 15.0 Å². The van der Waals surface area contributed by atoms with E-state index in [1.807, 2.05) is 25.4 Å². The van der Waals surface area contributed by atoms with Gasteiger partial charge in [-0.3, -0.25) is 0 Å². The zero-order chi connectivity index (χ0) is 13.2. The summed E-state index contributed by atoms with van der Waals surface area (Å²) in [4.78, 5) is 6.73. The Morgan fingerprint density at radius 1 is 1.53 bits per heavy atom. The molecule has 2 aromatic heterocycles. The van der Waals surface area contributed by atoms with E-state index in [4.69, 9.17) is 4.74 Å². The average molecular weight is 326 g/mol. The van der Waals surface area contributed by atoms with Crippen LogP contribution in [0.2, 0.25) is 0 Å². The van der Waals surface area contributed by atoms with Crippen molar-refractivity contribution in [2.75, 3.05) is 38.2 Å². The minimum Gasteiger partial charge on any atom is -0.373 e. The third-order valence-corrected chi connectivity index (χ3v) is 3.61. The summed E-state index contributed by atoms with van der Waals surface area (Å²) >= 11 is 3.44. The Hall–Kier alpha value is -1.18. The number of likely N-dealkylation sites (N-methyl/N-ethyl adjacent to an activating group) is 1. The summed E-state index contributed by atoms with van der Waals surface area (Å²) in [5.41, 5.74) is 0.856. The highest BCUT2D eigenvalue weighted by Crippen LogP contribution is 2.16. The fourth-order valence-electron chi connectivity index (χ4n) is 2.23. The van der Waals surface area contributed by atoms with E-state index in [0.717, 1.165) is 35.7 Å². The van der Waals surface area contributed by atoms with Gasteiger partial charge in [-0.15, -0.1) is 5.10 Å². The number of aromatic nitrogens is 3. The molecule has 2 aromatic rings. The van der Waals surface area contributed by atoms with E-state index in [2.05, 4.69) is 36.2 Å². The number of rotatable bonds is 3. The van der Waals surface area contributed by atoms with Gasteiger partial charge in [0.15, 0.2) is 5.65 Å². The predicted molar refractivity (Wildman–Crippen MR) is 76.6 cm³/mol. The summed E-state index contributed by atoms with van der Waals surface area (Å²) in [6.07, 6.45) is 2.11. The van der Waals surface area contributed by atoms with Gasteiger partial charge in [0.05, 0.1) is 12.7 Å². The van der Waals surface area contributed by atoms with Crippen LogP contribution in [-0.4, -0.2) is 54.0 Å². The molecule has 7 heteroatoms. The maximum atomic E-state index is 5.69. The number of pyridine rings is 1. The SMILES string of the molecule is CNCC1CN(c2nc3ccc(Br)cn3n2)CCO1. The molecule has 3 rings (SSSR count). The van der Waals surface area contributed by atoms with Crippen LogP contribution in [0, 0.1) is 0 Å². The number of anilines is 1. The van der Waals surface area contributed by atoms with E-state index >= 15 is 0 Å². The molecule has 19 heavy (non-hydrogen) atoms. The van der Waals surface area contributed by atoms with E-state index in [1.54, 1.807) is 4.52 Å². The van der Waals surface area contributed by atoms with E-state index in [0.29, 0.717) is 6.61 Å². The van der Waals surface area contributed by atoms with Gasteiger partial charge in [0, 0.05) is 30.3 Å². The number of hydrogen-bond acceptors (Lipinski definition) is 5. The van der Waals surface area contributed by atoms with E-state index < -0.39 is 0 Å². The molecule has 0 radical (unpaired) electrons. The second-order valence-corrected chi connectivity index (χ2v) is 5.47. The second-order valence-electron chi connectivity index (χ2n) is 4.56. The number of nitrogens with zero attached hydrogens (tertiary/aromatic N) is 4. The lowest BCUT2D eigenvalue weighted by Gasteiger charge is -2.31. The standard InChI is InChI=1S/C12H16BrN5O/c1-14-6-10-8-17(4-5-19-10)12-15-11-3-2-9(13)7-18(11)16-12/h2-3,7,10,14H,4-6,8H2,1H3. The molecular weight excluding hydrogens is 310 g/mol. The number of halogens is 1. The van der Waals surface area contributed by atoms with Gasteiger partial charge >= 0.3 is 0 Å². The summed E-state index contributed by atoms with van der Waals surface area (Å²) in [7, 11) is 1.93. The first-order valence-corrected chi connectivity index (χ1v) is 7.08. The van der Waals surface area contributed by atoms with Crippen molar-refractivity contribution in [3.63, 3.8) is 0 Å². The fraction of sp³-hybridized carbons (Fsp3) is 0.500. The van der Waals surface area contributed by atoms with Crippen molar-refractivity contribution in [1.82, 2.24) is 19.9 Å². The Morgan fingerprint density at radius 3 is 3.26 bits per heavy atom. The molecule has 1 atom stereocenters. The molecule has 1 fully saturated rings. The first kappa shape index (κ1) is 12.8. The Bertz CT molecular complexity index is 570. The zero-order valence-electron chi connectivity index (χ0n) is 10.7. The molecule has 1 aliphatic heterocycles. The highest BCUT2D eigenvalue weighted by molar-refractivity contribution is 9.10. The van der Waals surface area contributed by atoms with Crippen LogP contribution >= 0.6 is 15.9 Å². The van der Waals surface area contributed by atoms with Crippen molar-refractivity contribution in [2.24, 2.45) is 0 Å². The van der Waals surface area contributed by atoms with Crippen molar-refractivity contribution in [3.8, 4) is 0 Å². The maximum absolute atomic E-state index is 5.69. The lowest BCUT2D eigenvalue weighted by Crippen LogP contribution is -2.46. The van der Waals surface area contributed by atoms with E-state index in [9.17, 15) is 0 Å². The predicted octanol–water partition coefficient (Wildman–Crippen LogP) is 0.916. The van der Waals surface area contributed by atoms with E-state index in [1.165, 1.54) is 0 Å². The van der Waals surface area contributed by atoms with Crippen LogP contribution in [0.1, 0.15) is 0 Å². The van der Waals surface area contributed by atoms with Gasteiger partial charge in [-0.2, -0.15) is 4.98 Å². The quantitative estimate of drug-likeness (QED) is 0.909. The van der Waals surface area contributed by atoms with Crippen LogP contribution in [0.5, 0.6) is 0 Å². The van der Waals surface area contributed by atoms with Crippen LogP contribution in [0.25, 0.3) is 5.65 Å². The van der Waals surface area contributed by atoms with Gasteiger partial charge in [0.1, 0.15) is 0 Å². The Balaban J connectivity index is 1.83. The summed E-state index contributed by atoms with van der Waals surface area (Å²) in [6.45, 7) is 3.21. The van der Waals surface area contributed by atoms with Crippen molar-refractivity contribution in [2.45, 2.75) is 6.10 Å². The Morgan fingerprint density at radius 2 is 2.42 bits per heavy atom. The molecule has 0 bridgehead atoms. The van der Waals surface area contributed by atoms with Crippen molar-refractivity contribution >= 4 is 27.5 Å². The van der Waals surface area contributed by atoms with Crippen LogP contribution < -0.4 is 10.2 Å². The molecule has 1 aliphatic rings. The van der Waals surface area contributed by atoms with Gasteiger partial charge in [-0.1, -0.05) is 0 Å². The smallest absolute Gasteiger partial charge is 0.245 e. The minimum atomic E-state index is 0.192. The van der Waals surface area contributed by atoms with Crippen LogP contribution in [0.4, 0.5) is 5.95 Å². The number of morpholine rings is 1. The first-order chi connectivity index (χ1) is 9.26. The summed E-state index contributed by atoms with van der Waals surface area (Å²) in [5, 5.41) is 7.66. The third kappa shape index (κ3) is 2.72. The Labute approximate surface area is 119 Å². The number of ether oxygens (including phenoxy) is 1. The minimum absolute atomic E-state index is 0.192. The molecule has 1 unspecified atom stereocenters. The van der Waals surface area contributed by atoms with Gasteiger partial charge in [-0.25, -0.2) is 4.52 Å². The topological polar surface area (TPSA) is 54.7 Å². The lowest BCUT2D eigenvalue weighted by atomic mass is 10.3. The lowest BCUT2D eigenvalue weighted by molar-refractivity contribution is 0.0416. The number of nitrogens with one attached hydrogen (secondary N) is 1. The molecule has 1 saturated heterocycles.